The predicted molar refractivity (Wildman–Crippen MR) is 115 cm³/mol. The molecule has 0 spiro atoms. The van der Waals surface area contributed by atoms with Crippen molar-refractivity contribution in [1.29, 1.82) is 0 Å². The quantitative estimate of drug-likeness (QED) is 0.427. The van der Waals surface area contributed by atoms with Crippen molar-refractivity contribution in [1.82, 2.24) is 24.4 Å². The molecule has 146 valence electrons. The van der Waals surface area contributed by atoms with Crippen molar-refractivity contribution in [2.24, 2.45) is 4.99 Å². The Morgan fingerprint density at radius 1 is 0.933 bits per heavy atom. The molecule has 0 saturated heterocycles. The van der Waals surface area contributed by atoms with Crippen LogP contribution in [0.3, 0.4) is 0 Å². The third-order valence-electron chi connectivity index (χ3n) is 4.38. The number of hydrogen-bond acceptors (Lipinski definition) is 6. The number of hydrogen-bond donors (Lipinski definition) is 0. The van der Waals surface area contributed by atoms with Crippen LogP contribution in [0.25, 0.3) is 16.3 Å². The number of benzene rings is 2. The largest absolute Gasteiger partial charge is 0.279 e. The average molecular weight is 433 g/mol. The zero-order valence-corrected chi connectivity index (χ0v) is 17.0. The molecule has 7 nitrogen and oxygen atoms in total. The minimum atomic E-state index is -0.256. The van der Waals surface area contributed by atoms with Crippen molar-refractivity contribution < 1.29 is 4.79 Å². The molecule has 2 aromatic carbocycles. The molecule has 9 heteroatoms. The number of carbonyl (C=O) groups excluding carboxylic acids is 1. The van der Waals surface area contributed by atoms with E-state index in [0.717, 1.165) is 11.3 Å². The summed E-state index contributed by atoms with van der Waals surface area (Å²) in [6.07, 6.45) is 3.16. The van der Waals surface area contributed by atoms with Crippen LogP contribution >= 0.6 is 22.9 Å². The van der Waals surface area contributed by atoms with E-state index in [-0.39, 0.29) is 5.91 Å². The van der Waals surface area contributed by atoms with Crippen molar-refractivity contribution in [2.75, 3.05) is 0 Å². The molecular formula is C21H13ClN6OS. The van der Waals surface area contributed by atoms with Crippen LogP contribution in [0.5, 0.6) is 0 Å². The maximum atomic E-state index is 13.5. The lowest BCUT2D eigenvalue weighted by Gasteiger charge is -2.06. The highest BCUT2D eigenvalue weighted by Gasteiger charge is 2.21. The van der Waals surface area contributed by atoms with E-state index in [1.54, 1.807) is 41.2 Å². The summed E-state index contributed by atoms with van der Waals surface area (Å²) in [5.41, 5.74) is 2.00. The fraction of sp³-hybridized carbons (Fsp3) is 0. The minimum Gasteiger partial charge on any atom is -0.267 e. The van der Waals surface area contributed by atoms with Crippen LogP contribution in [0.4, 0.5) is 5.69 Å². The van der Waals surface area contributed by atoms with Gasteiger partial charge in [-0.1, -0.05) is 41.1 Å². The molecule has 0 radical (unpaired) electrons. The smallest absolute Gasteiger partial charge is 0.267 e. The molecule has 0 bridgehead atoms. The number of para-hydroxylation sites is 1. The van der Waals surface area contributed by atoms with Crippen molar-refractivity contribution in [2.45, 2.75) is 0 Å². The van der Waals surface area contributed by atoms with Crippen molar-refractivity contribution >= 4 is 39.5 Å². The second kappa shape index (κ2) is 7.66. The molecule has 0 unspecified atom stereocenters. The number of halogens is 1. The summed E-state index contributed by atoms with van der Waals surface area (Å²) in [6.45, 7) is 0. The Balaban J connectivity index is 1.79. The van der Waals surface area contributed by atoms with Crippen molar-refractivity contribution in [3.8, 4) is 11.4 Å². The van der Waals surface area contributed by atoms with Gasteiger partial charge in [0.25, 0.3) is 5.91 Å². The summed E-state index contributed by atoms with van der Waals surface area (Å²) in [5.74, 6) is 0.267. The van der Waals surface area contributed by atoms with Crippen LogP contribution in [-0.2, 0) is 0 Å². The van der Waals surface area contributed by atoms with E-state index in [1.165, 1.54) is 16.0 Å². The first-order valence-corrected chi connectivity index (χ1v) is 10.2. The fourth-order valence-corrected chi connectivity index (χ4v) is 4.00. The van der Waals surface area contributed by atoms with Crippen LogP contribution in [0.2, 0.25) is 5.02 Å². The lowest BCUT2D eigenvalue weighted by atomic mass is 10.2. The van der Waals surface area contributed by atoms with Crippen LogP contribution in [0.1, 0.15) is 10.4 Å². The highest BCUT2D eigenvalue weighted by atomic mass is 35.5. The van der Waals surface area contributed by atoms with E-state index in [9.17, 15) is 4.79 Å². The number of pyridine rings is 1. The van der Waals surface area contributed by atoms with Crippen molar-refractivity contribution in [3.05, 3.63) is 94.5 Å². The Morgan fingerprint density at radius 3 is 2.40 bits per heavy atom. The second-order valence-corrected chi connectivity index (χ2v) is 7.68. The van der Waals surface area contributed by atoms with E-state index in [1.807, 2.05) is 42.5 Å². The Hall–Kier alpha value is -3.62. The highest BCUT2D eigenvalue weighted by molar-refractivity contribution is 7.14. The molecule has 3 aromatic heterocycles. The summed E-state index contributed by atoms with van der Waals surface area (Å²) in [6, 6.07) is 20.0. The summed E-state index contributed by atoms with van der Waals surface area (Å²) in [5, 5.41) is 9.18. The molecule has 0 saturated carbocycles. The van der Waals surface area contributed by atoms with Gasteiger partial charge in [0.1, 0.15) is 0 Å². The van der Waals surface area contributed by atoms with Crippen LogP contribution in [0, 0.1) is 0 Å². The van der Waals surface area contributed by atoms with Gasteiger partial charge in [0.05, 0.1) is 5.69 Å². The SMILES string of the molecule is O=C(c1ccncc1)n1c(=Nc2ccccc2)sc2nnc(-c3ccc(Cl)cc3)n21. The Kier molecular flexibility index (Phi) is 4.70. The van der Waals surface area contributed by atoms with Crippen LogP contribution < -0.4 is 4.80 Å². The lowest BCUT2D eigenvalue weighted by molar-refractivity contribution is 0.0936. The zero-order chi connectivity index (χ0) is 20.5. The topological polar surface area (TPSA) is 77.4 Å². The minimum absolute atomic E-state index is 0.256. The molecule has 0 N–H and O–H groups in total. The molecule has 0 aliphatic heterocycles. The lowest BCUT2D eigenvalue weighted by Crippen LogP contribution is -2.28. The molecule has 5 rings (SSSR count). The second-order valence-electron chi connectivity index (χ2n) is 6.31. The molecule has 0 atom stereocenters. The molecule has 0 fully saturated rings. The number of carbonyl (C=O) groups is 1. The van der Waals surface area contributed by atoms with Gasteiger partial charge in [0.2, 0.25) is 9.76 Å². The molecule has 0 amide bonds. The molecule has 30 heavy (non-hydrogen) atoms. The van der Waals surface area contributed by atoms with E-state index >= 15 is 0 Å². The van der Waals surface area contributed by atoms with Gasteiger partial charge in [-0.15, -0.1) is 10.2 Å². The van der Waals surface area contributed by atoms with E-state index in [0.29, 0.717) is 26.2 Å². The van der Waals surface area contributed by atoms with Crippen LogP contribution in [-0.4, -0.2) is 30.3 Å². The Morgan fingerprint density at radius 2 is 1.67 bits per heavy atom. The third-order valence-corrected chi connectivity index (χ3v) is 5.51. The van der Waals surface area contributed by atoms with Gasteiger partial charge >= 0.3 is 0 Å². The first kappa shape index (κ1) is 18.4. The van der Waals surface area contributed by atoms with Gasteiger partial charge in [-0.05, 0) is 48.5 Å². The van der Waals surface area contributed by atoms with Gasteiger partial charge in [-0.2, -0.15) is 9.20 Å². The first-order chi connectivity index (χ1) is 14.7. The van der Waals surface area contributed by atoms with Gasteiger partial charge in [-0.3, -0.25) is 9.78 Å². The summed E-state index contributed by atoms with van der Waals surface area (Å²) < 4.78 is 3.17. The monoisotopic (exact) mass is 432 g/mol. The zero-order valence-electron chi connectivity index (χ0n) is 15.4. The van der Waals surface area contributed by atoms with Gasteiger partial charge in [0.15, 0.2) is 5.82 Å². The van der Waals surface area contributed by atoms with Gasteiger partial charge < -0.3 is 0 Å². The van der Waals surface area contributed by atoms with Gasteiger partial charge in [0, 0.05) is 28.5 Å². The molecule has 0 aliphatic rings. The Labute approximate surface area is 179 Å². The maximum Gasteiger partial charge on any atom is 0.279 e. The maximum absolute atomic E-state index is 13.5. The fourth-order valence-electron chi connectivity index (χ4n) is 2.98. The normalized spacial score (nSPS) is 11.8. The third kappa shape index (κ3) is 3.32. The van der Waals surface area contributed by atoms with Crippen molar-refractivity contribution in [3.63, 3.8) is 0 Å². The van der Waals surface area contributed by atoms with Gasteiger partial charge in [-0.25, -0.2) is 4.99 Å². The number of fused-ring (bicyclic) bond motifs is 1. The summed E-state index contributed by atoms with van der Waals surface area (Å²) in [7, 11) is 0. The van der Waals surface area contributed by atoms with E-state index in [2.05, 4.69) is 20.2 Å². The Bertz CT molecular complexity index is 1410. The van der Waals surface area contributed by atoms with E-state index < -0.39 is 0 Å². The first-order valence-electron chi connectivity index (χ1n) is 8.98. The number of rotatable bonds is 3. The number of nitrogens with zero attached hydrogens (tertiary/aromatic N) is 6. The van der Waals surface area contributed by atoms with Crippen LogP contribution in [0.15, 0.2) is 84.1 Å². The highest BCUT2D eigenvalue weighted by Crippen LogP contribution is 2.22. The van der Waals surface area contributed by atoms with E-state index in [4.69, 9.17) is 11.6 Å². The molecule has 3 heterocycles. The average Bonchev–Trinajstić information content (AvgIpc) is 3.34. The molecular weight excluding hydrogens is 420 g/mol. The molecule has 0 aliphatic carbocycles. The number of aromatic nitrogens is 5. The standard InChI is InChI=1S/C21H13ClN6OS/c22-16-8-6-14(7-9-16)18-25-26-21-27(18)28(19(29)15-10-12-23-13-11-15)20(30-21)24-17-4-2-1-3-5-17/h1-13H. The predicted octanol–water partition coefficient (Wildman–Crippen LogP) is 4.23. The summed E-state index contributed by atoms with van der Waals surface area (Å²) in [4.78, 5) is 23.2. The summed E-state index contributed by atoms with van der Waals surface area (Å²) >= 11 is 7.31. The molecule has 5 aromatic rings.